The van der Waals surface area contributed by atoms with Crippen LogP contribution in [0.4, 0.5) is 0 Å². The fourth-order valence-corrected chi connectivity index (χ4v) is 4.27. The number of benzene rings is 3. The minimum atomic E-state index is -0.181. The van der Waals surface area contributed by atoms with E-state index >= 15 is 0 Å². The van der Waals surface area contributed by atoms with E-state index in [1.54, 1.807) is 0 Å². The van der Waals surface area contributed by atoms with Gasteiger partial charge in [-0.05, 0) is 30.3 Å². The molecule has 6 heteroatoms. The fraction of sp³-hybridized carbons (Fsp3) is 0.115. The Bertz CT molecular complexity index is 1250. The van der Waals surface area contributed by atoms with Crippen molar-refractivity contribution in [2.24, 2.45) is 0 Å². The van der Waals surface area contributed by atoms with Gasteiger partial charge < -0.3 is 14.7 Å². The highest BCUT2D eigenvalue weighted by atomic mass is 32.1. The zero-order chi connectivity index (χ0) is 21.9. The lowest BCUT2D eigenvalue weighted by Crippen LogP contribution is -2.45. The molecule has 32 heavy (non-hydrogen) atoms. The van der Waals surface area contributed by atoms with Gasteiger partial charge >= 0.3 is 0 Å². The van der Waals surface area contributed by atoms with Crippen molar-refractivity contribution in [3.05, 3.63) is 114 Å². The lowest BCUT2D eigenvalue weighted by atomic mass is 9.94. The molecule has 5 rings (SSSR count). The van der Waals surface area contributed by atoms with Crippen LogP contribution in [0.15, 0.2) is 101 Å². The Balaban J connectivity index is 1.60. The van der Waals surface area contributed by atoms with Gasteiger partial charge in [-0.15, -0.1) is 0 Å². The maximum Gasteiger partial charge on any atom is 0.258 e. The quantitative estimate of drug-likeness (QED) is 0.410. The number of nitrogens with one attached hydrogen (secondary N) is 1. The average Bonchev–Trinajstić information content (AvgIpc) is 3.33. The second-order valence-electron chi connectivity index (χ2n) is 7.65. The molecule has 1 unspecified atom stereocenters. The van der Waals surface area contributed by atoms with Gasteiger partial charge in [0.25, 0.3) is 5.89 Å². The van der Waals surface area contributed by atoms with Gasteiger partial charge in [0.1, 0.15) is 0 Å². The molecule has 1 atom stereocenters. The highest BCUT2D eigenvalue weighted by Crippen LogP contribution is 2.37. The summed E-state index contributed by atoms with van der Waals surface area (Å²) >= 11 is 5.78. The Morgan fingerprint density at radius 2 is 1.53 bits per heavy atom. The van der Waals surface area contributed by atoms with Crippen LogP contribution in [-0.4, -0.2) is 20.2 Å². The largest absolute Gasteiger partial charge is 0.351 e. The van der Waals surface area contributed by atoms with Gasteiger partial charge in [-0.3, -0.25) is 0 Å². The third kappa shape index (κ3) is 3.92. The van der Waals surface area contributed by atoms with Crippen LogP contribution >= 0.6 is 12.2 Å². The summed E-state index contributed by atoms with van der Waals surface area (Å²) in [5, 5.41) is 8.43. The Morgan fingerprint density at radius 1 is 0.906 bits per heavy atom. The van der Waals surface area contributed by atoms with Crippen molar-refractivity contribution in [3.63, 3.8) is 0 Å². The van der Waals surface area contributed by atoms with Gasteiger partial charge in [0.2, 0.25) is 5.82 Å². The Labute approximate surface area is 192 Å². The number of aromatic nitrogens is 2. The summed E-state index contributed by atoms with van der Waals surface area (Å²) in [6.45, 7) is 2.72. The maximum absolute atomic E-state index is 5.79. The molecular formula is C26H22N4OS. The molecule has 0 radical (unpaired) electrons. The van der Waals surface area contributed by atoms with Gasteiger partial charge in [-0.25, -0.2) is 0 Å². The minimum Gasteiger partial charge on any atom is -0.351 e. The first-order valence-electron chi connectivity index (χ1n) is 10.5. The van der Waals surface area contributed by atoms with Crippen LogP contribution in [0, 0.1) is 0 Å². The minimum absolute atomic E-state index is 0.181. The smallest absolute Gasteiger partial charge is 0.258 e. The Morgan fingerprint density at radius 3 is 2.22 bits per heavy atom. The highest BCUT2D eigenvalue weighted by Gasteiger charge is 2.34. The van der Waals surface area contributed by atoms with E-state index in [0.717, 1.165) is 22.4 Å². The molecular weight excluding hydrogens is 416 g/mol. The molecule has 0 bridgehead atoms. The van der Waals surface area contributed by atoms with Gasteiger partial charge in [0, 0.05) is 17.8 Å². The van der Waals surface area contributed by atoms with E-state index in [1.807, 2.05) is 66.7 Å². The summed E-state index contributed by atoms with van der Waals surface area (Å²) in [6, 6.07) is 30.1. The maximum atomic E-state index is 5.79. The summed E-state index contributed by atoms with van der Waals surface area (Å²) in [5.41, 5.74) is 5.09. The standard InChI is InChI=1S/C26H22N4OS/c1-18-22(25-28-24(29-31-25)21-15-9-4-10-16-21)23(20-13-7-3-8-14-20)27-26(32)30(18)17-19-11-5-2-6-12-19/h2-16,23H,17H2,1H3,(H,27,32). The zero-order valence-electron chi connectivity index (χ0n) is 17.6. The lowest BCUT2D eigenvalue weighted by Gasteiger charge is -2.37. The van der Waals surface area contributed by atoms with Crippen LogP contribution in [0.2, 0.25) is 0 Å². The van der Waals surface area contributed by atoms with E-state index in [4.69, 9.17) is 21.7 Å². The van der Waals surface area contributed by atoms with Crippen LogP contribution in [0.1, 0.15) is 30.0 Å². The molecule has 1 aromatic heterocycles. The number of rotatable bonds is 5. The molecule has 158 valence electrons. The van der Waals surface area contributed by atoms with Crippen LogP contribution in [-0.2, 0) is 6.54 Å². The summed E-state index contributed by atoms with van der Waals surface area (Å²) in [6.07, 6.45) is 0. The monoisotopic (exact) mass is 438 g/mol. The number of allylic oxidation sites excluding steroid dienone is 1. The van der Waals surface area contributed by atoms with E-state index in [1.165, 1.54) is 5.56 Å². The van der Waals surface area contributed by atoms with E-state index in [-0.39, 0.29) is 6.04 Å². The molecule has 1 N–H and O–H groups in total. The topological polar surface area (TPSA) is 54.2 Å². The SMILES string of the molecule is CC1=C(c2nc(-c3ccccc3)no2)C(c2ccccc2)NC(=S)N1Cc1ccccc1. The fourth-order valence-electron chi connectivity index (χ4n) is 3.95. The number of thiocarbonyl (C=S) groups is 1. The zero-order valence-corrected chi connectivity index (χ0v) is 18.4. The summed E-state index contributed by atoms with van der Waals surface area (Å²) in [5.74, 6) is 1.05. The van der Waals surface area contributed by atoms with Crippen LogP contribution < -0.4 is 5.32 Å². The van der Waals surface area contributed by atoms with Crippen molar-refractivity contribution < 1.29 is 4.52 Å². The van der Waals surface area contributed by atoms with E-state index in [2.05, 4.69) is 46.6 Å². The molecule has 3 aromatic carbocycles. The summed E-state index contributed by atoms with van der Waals surface area (Å²) < 4.78 is 5.79. The molecule has 0 fully saturated rings. The van der Waals surface area contributed by atoms with Crippen molar-refractivity contribution in [1.29, 1.82) is 0 Å². The van der Waals surface area contributed by atoms with Crippen molar-refractivity contribution >= 4 is 22.9 Å². The molecule has 0 saturated carbocycles. The lowest BCUT2D eigenvalue weighted by molar-refractivity contribution is 0.396. The molecule has 1 aliphatic heterocycles. The number of hydrogen-bond acceptors (Lipinski definition) is 4. The van der Waals surface area contributed by atoms with E-state index < -0.39 is 0 Å². The van der Waals surface area contributed by atoms with Gasteiger partial charge in [0.15, 0.2) is 5.11 Å². The third-order valence-electron chi connectivity index (χ3n) is 5.60. The molecule has 0 amide bonds. The van der Waals surface area contributed by atoms with Crippen LogP contribution in [0.3, 0.4) is 0 Å². The molecule has 5 nitrogen and oxygen atoms in total. The summed E-state index contributed by atoms with van der Waals surface area (Å²) in [7, 11) is 0. The van der Waals surface area contributed by atoms with Crippen molar-refractivity contribution in [1.82, 2.24) is 20.4 Å². The number of hydrogen-bond donors (Lipinski definition) is 1. The molecule has 0 spiro atoms. The first-order valence-corrected chi connectivity index (χ1v) is 10.9. The Hall–Kier alpha value is -3.77. The molecule has 2 heterocycles. The third-order valence-corrected chi connectivity index (χ3v) is 5.94. The average molecular weight is 439 g/mol. The number of nitrogens with zero attached hydrogens (tertiary/aromatic N) is 3. The van der Waals surface area contributed by atoms with Gasteiger partial charge in [-0.2, -0.15) is 4.98 Å². The molecule has 0 saturated heterocycles. The normalized spacial score (nSPS) is 16.2. The van der Waals surface area contributed by atoms with E-state index in [0.29, 0.717) is 23.4 Å². The van der Waals surface area contributed by atoms with Crippen molar-refractivity contribution in [2.45, 2.75) is 19.5 Å². The molecule has 4 aromatic rings. The second-order valence-corrected chi connectivity index (χ2v) is 8.04. The summed E-state index contributed by atoms with van der Waals surface area (Å²) in [4.78, 5) is 6.84. The van der Waals surface area contributed by atoms with Gasteiger partial charge in [-0.1, -0.05) is 96.2 Å². The van der Waals surface area contributed by atoms with E-state index in [9.17, 15) is 0 Å². The van der Waals surface area contributed by atoms with Crippen molar-refractivity contribution in [3.8, 4) is 11.4 Å². The Kier molecular flexibility index (Phi) is 5.52. The van der Waals surface area contributed by atoms with Crippen LogP contribution in [0.25, 0.3) is 17.0 Å². The van der Waals surface area contributed by atoms with Gasteiger partial charge in [0.05, 0.1) is 11.6 Å². The molecule has 1 aliphatic rings. The predicted molar refractivity (Wildman–Crippen MR) is 129 cm³/mol. The second kappa shape index (κ2) is 8.77. The highest BCUT2D eigenvalue weighted by molar-refractivity contribution is 7.80. The first-order chi connectivity index (χ1) is 15.7. The van der Waals surface area contributed by atoms with Crippen molar-refractivity contribution in [2.75, 3.05) is 0 Å². The molecule has 0 aliphatic carbocycles. The first kappa shape index (κ1) is 20.2. The van der Waals surface area contributed by atoms with Crippen LogP contribution in [0.5, 0.6) is 0 Å². The predicted octanol–water partition coefficient (Wildman–Crippen LogP) is 5.60.